The number of hydrogen-bond donors (Lipinski definition) is 16. The van der Waals surface area contributed by atoms with Crippen LogP contribution in [0.1, 0.15) is 127 Å². The lowest BCUT2D eigenvalue weighted by Gasteiger charge is -2.60. The molecule has 0 bridgehead atoms. The van der Waals surface area contributed by atoms with E-state index in [9.17, 15) is 89.6 Å². The van der Waals surface area contributed by atoms with Crippen molar-refractivity contribution in [3.05, 3.63) is 11.6 Å². The summed E-state index contributed by atoms with van der Waals surface area (Å²) in [6.07, 6.45) is -42.5. The van der Waals surface area contributed by atoms with Gasteiger partial charge in [-0.25, -0.2) is 0 Å². The highest BCUT2D eigenvalue weighted by Gasteiger charge is 2.64. The minimum absolute atomic E-state index is 0.0177. The highest BCUT2D eigenvalue weighted by molar-refractivity contribution is 7.86. The highest BCUT2D eigenvalue weighted by atomic mass is 32.2. The van der Waals surface area contributed by atoms with Gasteiger partial charge in [-0.1, -0.05) is 52.2 Å². The molecule has 6 heterocycles. The smallest absolute Gasteiger partial charge is 0.267 e. The Kier molecular flexibility index (Phi) is 23.1. The van der Waals surface area contributed by atoms with Gasteiger partial charge in [0.15, 0.2) is 37.7 Å². The third-order valence-electron chi connectivity index (χ3n) is 22.8. The van der Waals surface area contributed by atoms with E-state index in [1.54, 1.807) is 0 Å². The summed E-state index contributed by atoms with van der Waals surface area (Å²) in [5, 5.41) is 168. The molecular formula is C62H104O30S. The minimum Gasteiger partial charge on any atom is -0.394 e. The molecule has 10 rings (SSSR count). The van der Waals surface area contributed by atoms with Crippen LogP contribution < -0.4 is 0 Å². The summed E-state index contributed by atoms with van der Waals surface area (Å²) in [5.41, 5.74) is -0.688. The molecule has 16 N–H and O–H groups in total. The van der Waals surface area contributed by atoms with E-state index in [4.69, 9.17) is 56.8 Å². The summed E-state index contributed by atoms with van der Waals surface area (Å²) in [4.78, 5) is 0. The molecule has 0 unspecified atom stereocenters. The molecule has 0 radical (unpaired) electrons. The average Bonchev–Trinajstić information content (AvgIpc) is 1.69. The largest absolute Gasteiger partial charge is 0.394 e. The van der Waals surface area contributed by atoms with Crippen LogP contribution in [0.4, 0.5) is 0 Å². The fourth-order valence-corrected chi connectivity index (χ4v) is 18.1. The van der Waals surface area contributed by atoms with Gasteiger partial charge in [0.25, 0.3) is 10.1 Å². The van der Waals surface area contributed by atoms with Crippen LogP contribution in [-0.2, 0) is 67.0 Å². The number of fused-ring (bicyclic) bond motifs is 5. The molecule has 6 aliphatic heterocycles. The number of aliphatic hydroxyl groups excluding tert-OH is 14. The number of hydrogen-bond acceptors (Lipinski definition) is 29. The van der Waals surface area contributed by atoms with E-state index in [0.717, 1.165) is 25.7 Å². The van der Waals surface area contributed by atoms with E-state index in [0.29, 0.717) is 31.6 Å². The Hall–Kier alpha value is -1.43. The zero-order valence-corrected chi connectivity index (χ0v) is 54.9. The van der Waals surface area contributed by atoms with Crippen LogP contribution in [0.2, 0.25) is 0 Å². The van der Waals surface area contributed by atoms with Gasteiger partial charge in [0.1, 0.15) is 116 Å². The van der Waals surface area contributed by atoms with Crippen LogP contribution in [0.15, 0.2) is 11.6 Å². The molecule has 0 aromatic rings. The molecule has 0 aromatic heterocycles. The van der Waals surface area contributed by atoms with Crippen LogP contribution in [0.3, 0.4) is 0 Å². The van der Waals surface area contributed by atoms with Crippen LogP contribution in [-0.4, -0.2) is 298 Å². The van der Waals surface area contributed by atoms with Gasteiger partial charge in [-0.15, -0.1) is 0 Å². The van der Waals surface area contributed by atoms with Crippen LogP contribution in [0.25, 0.3) is 0 Å². The minimum atomic E-state index is -4.51. The van der Waals surface area contributed by atoms with Gasteiger partial charge in [0, 0.05) is 0 Å². The molecule has 10 aliphatic rings. The SMILES string of the molecule is CC(C)CCC[C@](C)(O)[C@H]1CC[C@H]2[C@@H]3C[C@H](O[C@@H]4O[C@H](C)[C@@H](O)[C@H](O[C@@H]5OC[C@@H](O[C@@H]6O[C@H](C)[C@H](O)[C@H](O)[C@H]6O[C@@H]6O[C@H](C)[C@H](O)[C@H](O[C@@H]7O[C@H](CO)[C@H](O)[C@H](O)[C@H]7O)[C@H]6O)[C@H](O)[C@H]5O[C@@H]5O[C@H](C)[C@@H](O)[C@H](O)[C@H]5O)[C@H]4O)[C@H]4C[C@@H](S(=O)(=O)O)CC[C@]4(C)C3=CC[C@@]21C. The van der Waals surface area contributed by atoms with Crippen molar-refractivity contribution in [2.24, 2.45) is 40.4 Å². The molecule has 0 spiro atoms. The lowest BCUT2D eigenvalue weighted by Crippen LogP contribution is -2.67. The van der Waals surface area contributed by atoms with E-state index in [-0.39, 0.29) is 36.0 Å². The summed E-state index contributed by atoms with van der Waals surface area (Å²) in [6, 6.07) is 0. The molecule has 93 heavy (non-hydrogen) atoms. The first-order valence-corrected chi connectivity index (χ1v) is 34.7. The Balaban J connectivity index is 0.894. The molecular weight excluding hydrogens is 1260 g/mol. The first-order chi connectivity index (χ1) is 43.5. The van der Waals surface area contributed by atoms with Gasteiger partial charge >= 0.3 is 0 Å². The van der Waals surface area contributed by atoms with E-state index >= 15 is 0 Å². The quantitative estimate of drug-likeness (QED) is 0.0455. The Bertz CT molecular complexity index is 2620. The van der Waals surface area contributed by atoms with Gasteiger partial charge in [0.05, 0.1) is 54.6 Å². The van der Waals surface area contributed by atoms with Crippen LogP contribution >= 0.6 is 0 Å². The summed E-state index contributed by atoms with van der Waals surface area (Å²) >= 11 is 0. The lowest BCUT2D eigenvalue weighted by atomic mass is 9.47. The fraction of sp³-hybridized carbons (Fsp3) is 0.968. The van der Waals surface area contributed by atoms with E-state index < -0.39 is 230 Å². The van der Waals surface area contributed by atoms with E-state index in [1.165, 1.54) is 33.3 Å². The molecule has 538 valence electrons. The van der Waals surface area contributed by atoms with Crippen molar-refractivity contribution in [2.45, 2.75) is 322 Å². The van der Waals surface area contributed by atoms with Crippen molar-refractivity contribution in [1.29, 1.82) is 0 Å². The van der Waals surface area contributed by atoms with Crippen molar-refractivity contribution >= 4 is 10.1 Å². The van der Waals surface area contributed by atoms with Gasteiger partial charge in [-0.05, 0) is 126 Å². The third-order valence-corrected chi connectivity index (χ3v) is 24.1. The molecule has 0 amide bonds. The second-order valence-electron chi connectivity index (χ2n) is 29.4. The molecule has 3 saturated carbocycles. The Morgan fingerprint density at radius 1 is 0.559 bits per heavy atom. The molecule has 31 heteroatoms. The topological polar surface area (TPSA) is 469 Å². The van der Waals surface area contributed by atoms with Gasteiger partial charge in [-0.2, -0.15) is 8.42 Å². The summed E-state index contributed by atoms with van der Waals surface area (Å²) in [6.45, 7) is 14.7. The number of allylic oxidation sites excluding steroid dienone is 2. The standard InChI is InChI=1S/C62H104O30S/c1-23(2)11-10-16-62(9,77)36-13-12-30-29-20-33(32-19-28(93(78,79)80)14-17-60(32,7)31(29)15-18-61(30,36)8)86-56-48(75)51(40(67)26(5)83-56)90-58-52(91-54-46(73)43(70)37(64)24(3)82-54)42(69)35(22-81-58)88-59-53(45(72)38(65)25(4)85-59)92-57-49(76)50(39(66)27(6)84-57)89-55-47(74)44(71)41(68)34(21-63)87-55/h15,23-30,32-59,63-77H,10-14,16-22H2,1-9H3,(H,78,79,80)/t24-,25-,26-,27-,28+,29+,30+,32-,33+,34-,35-,36+,37-,38+,39+,40-,41+,42+,43+,44+,45+,46-,47-,48-,49-,50+,51+,52-,53-,54+,55+,56+,57+,58+,59+,60-,61+,62+/m1/s1. The summed E-state index contributed by atoms with van der Waals surface area (Å²) < 4.78 is 110. The van der Waals surface area contributed by atoms with Gasteiger partial charge in [0.2, 0.25) is 0 Å². The average molecular weight is 1360 g/mol. The Morgan fingerprint density at radius 3 is 1.63 bits per heavy atom. The third kappa shape index (κ3) is 14.5. The second-order valence-corrected chi connectivity index (χ2v) is 31.1. The van der Waals surface area contributed by atoms with Crippen molar-refractivity contribution in [3.63, 3.8) is 0 Å². The molecule has 30 nitrogen and oxygen atoms in total. The second kappa shape index (κ2) is 28.9. The normalized spacial score (nSPS) is 52.9. The zero-order valence-electron chi connectivity index (χ0n) is 54.1. The van der Waals surface area contributed by atoms with Crippen molar-refractivity contribution in [3.8, 4) is 0 Å². The maximum atomic E-state index is 12.9. The van der Waals surface area contributed by atoms with Crippen molar-refractivity contribution in [1.82, 2.24) is 0 Å². The zero-order chi connectivity index (χ0) is 68.0. The monoisotopic (exact) mass is 1360 g/mol. The highest BCUT2D eigenvalue weighted by Crippen LogP contribution is 2.68. The van der Waals surface area contributed by atoms with Gasteiger partial charge < -0.3 is 133 Å². The maximum Gasteiger partial charge on any atom is 0.267 e. The molecule has 9 fully saturated rings. The maximum absolute atomic E-state index is 12.9. The van der Waals surface area contributed by atoms with E-state index in [1.807, 2.05) is 6.92 Å². The fourth-order valence-electron chi connectivity index (χ4n) is 17.2. The van der Waals surface area contributed by atoms with E-state index in [2.05, 4.69) is 33.8 Å². The van der Waals surface area contributed by atoms with Crippen molar-refractivity contribution in [2.75, 3.05) is 13.2 Å². The number of rotatable bonds is 19. The molecule has 38 atom stereocenters. The van der Waals surface area contributed by atoms with Crippen LogP contribution in [0, 0.1) is 40.4 Å². The number of aliphatic hydroxyl groups is 15. The summed E-state index contributed by atoms with van der Waals surface area (Å²) in [7, 11) is -4.51. The molecule has 6 saturated heterocycles. The molecule has 0 aromatic carbocycles. The Labute approximate surface area is 541 Å². The Morgan fingerprint density at radius 2 is 1.05 bits per heavy atom. The van der Waals surface area contributed by atoms with Gasteiger partial charge in [-0.3, -0.25) is 4.55 Å². The predicted molar refractivity (Wildman–Crippen MR) is 315 cm³/mol. The lowest BCUT2D eigenvalue weighted by molar-refractivity contribution is -0.401. The number of ether oxygens (including phenoxy) is 12. The first kappa shape index (κ1) is 74.3. The summed E-state index contributed by atoms with van der Waals surface area (Å²) in [5.74, 6) is -0.0464. The first-order valence-electron chi connectivity index (χ1n) is 33.2. The predicted octanol–water partition coefficient (Wildman–Crippen LogP) is -2.94. The van der Waals surface area contributed by atoms with Crippen molar-refractivity contribution < 1.29 is 146 Å². The molecule has 4 aliphatic carbocycles. The van der Waals surface area contributed by atoms with Crippen LogP contribution in [0.5, 0.6) is 0 Å².